The monoisotopic (exact) mass is 356 g/mol. The lowest BCUT2D eigenvalue weighted by Gasteiger charge is -2.05. The van der Waals surface area contributed by atoms with Crippen LogP contribution in [-0.4, -0.2) is 13.4 Å². The molecule has 0 radical (unpaired) electrons. The van der Waals surface area contributed by atoms with E-state index in [2.05, 4.69) is 58.1 Å². The smallest absolute Gasteiger partial charge is 0.147 e. The van der Waals surface area contributed by atoms with E-state index in [1.165, 1.54) is 28.7 Å². The van der Waals surface area contributed by atoms with Crippen molar-refractivity contribution >= 4 is 0 Å². The van der Waals surface area contributed by atoms with E-state index in [0.717, 1.165) is 25.7 Å². The third-order valence-corrected chi connectivity index (χ3v) is 4.16. The van der Waals surface area contributed by atoms with E-state index < -0.39 is 0 Å². The van der Waals surface area contributed by atoms with Crippen LogP contribution in [0, 0.1) is 0 Å². The first-order valence-corrected chi connectivity index (χ1v) is 9.72. The minimum atomic E-state index is 0.357. The molecule has 0 aliphatic heterocycles. The van der Waals surface area contributed by atoms with Crippen LogP contribution in [0.15, 0.2) is 65.3 Å². The highest BCUT2D eigenvalue weighted by atomic mass is 16.7. The zero-order chi connectivity index (χ0) is 19.0. The molecular formula is C24H36O2. The quantitative estimate of drug-likeness (QED) is 0.215. The van der Waals surface area contributed by atoms with Gasteiger partial charge in [0.25, 0.3) is 0 Å². The number of rotatable bonds is 13. The second-order valence-corrected chi connectivity index (χ2v) is 7.11. The fraction of sp³-hybridized carbons (Fsp3) is 0.500. The number of allylic oxidation sites excluding steroid dienone is 5. The van der Waals surface area contributed by atoms with Crippen molar-refractivity contribution in [1.29, 1.82) is 0 Å². The molecule has 0 spiro atoms. The van der Waals surface area contributed by atoms with Crippen molar-refractivity contribution in [1.82, 2.24) is 0 Å². The lowest BCUT2D eigenvalue weighted by atomic mass is 10.1. The third-order valence-electron chi connectivity index (χ3n) is 4.16. The van der Waals surface area contributed by atoms with E-state index in [-0.39, 0.29) is 0 Å². The van der Waals surface area contributed by atoms with Crippen LogP contribution >= 0.6 is 0 Å². The van der Waals surface area contributed by atoms with Gasteiger partial charge in [-0.1, -0.05) is 65.3 Å². The fourth-order valence-electron chi connectivity index (χ4n) is 2.58. The summed E-state index contributed by atoms with van der Waals surface area (Å²) in [7, 11) is 0. The molecule has 0 atom stereocenters. The summed E-state index contributed by atoms with van der Waals surface area (Å²) in [5.74, 6) is 0. The summed E-state index contributed by atoms with van der Waals surface area (Å²) in [4.78, 5) is 0. The summed E-state index contributed by atoms with van der Waals surface area (Å²) in [6.07, 6.45) is 12.5. The number of hydrogen-bond donors (Lipinski definition) is 0. The molecule has 1 aromatic carbocycles. The van der Waals surface area contributed by atoms with Gasteiger partial charge in [-0.15, -0.1) is 0 Å². The molecule has 0 aromatic heterocycles. The first-order chi connectivity index (χ1) is 12.6. The van der Waals surface area contributed by atoms with Gasteiger partial charge in [0.2, 0.25) is 0 Å². The van der Waals surface area contributed by atoms with E-state index in [0.29, 0.717) is 20.0 Å². The molecule has 2 heteroatoms. The molecule has 144 valence electrons. The minimum absolute atomic E-state index is 0.357. The van der Waals surface area contributed by atoms with Crippen molar-refractivity contribution in [3.8, 4) is 0 Å². The second-order valence-electron chi connectivity index (χ2n) is 7.11. The van der Waals surface area contributed by atoms with Crippen LogP contribution in [0.2, 0.25) is 0 Å². The maximum atomic E-state index is 5.53. The predicted octanol–water partition coefficient (Wildman–Crippen LogP) is 6.99. The Morgan fingerprint density at radius 1 is 0.769 bits per heavy atom. The maximum Gasteiger partial charge on any atom is 0.147 e. The van der Waals surface area contributed by atoms with Gasteiger partial charge in [-0.25, -0.2) is 0 Å². The van der Waals surface area contributed by atoms with Gasteiger partial charge >= 0.3 is 0 Å². The number of ether oxygens (including phenoxy) is 2. The first kappa shape index (κ1) is 22.4. The minimum Gasteiger partial charge on any atom is -0.355 e. The van der Waals surface area contributed by atoms with Gasteiger partial charge in [0.15, 0.2) is 0 Å². The van der Waals surface area contributed by atoms with Crippen molar-refractivity contribution in [3.05, 3.63) is 70.8 Å². The van der Waals surface area contributed by atoms with E-state index in [1.807, 2.05) is 18.2 Å². The molecule has 1 rings (SSSR count). The summed E-state index contributed by atoms with van der Waals surface area (Å²) >= 11 is 0. The van der Waals surface area contributed by atoms with Crippen LogP contribution in [-0.2, 0) is 16.1 Å². The van der Waals surface area contributed by atoms with Crippen molar-refractivity contribution < 1.29 is 9.47 Å². The third kappa shape index (κ3) is 12.7. The Kier molecular flexibility index (Phi) is 12.5. The molecule has 26 heavy (non-hydrogen) atoms. The molecule has 0 saturated heterocycles. The Morgan fingerprint density at radius 3 is 2.04 bits per heavy atom. The molecule has 0 amide bonds. The zero-order valence-electron chi connectivity index (χ0n) is 17.1. The Hall–Kier alpha value is -1.64. The summed E-state index contributed by atoms with van der Waals surface area (Å²) in [5, 5.41) is 0. The van der Waals surface area contributed by atoms with Crippen LogP contribution in [0.5, 0.6) is 0 Å². The summed E-state index contributed by atoms with van der Waals surface area (Å²) in [6.45, 7) is 10.4. The van der Waals surface area contributed by atoms with Crippen molar-refractivity contribution in [2.45, 2.75) is 66.4 Å². The second kappa shape index (κ2) is 14.5. The molecule has 0 aliphatic carbocycles. The Labute approximate surface area is 160 Å². The molecule has 0 fully saturated rings. The lowest BCUT2D eigenvalue weighted by molar-refractivity contribution is -0.0600. The highest BCUT2D eigenvalue weighted by Crippen LogP contribution is 2.11. The van der Waals surface area contributed by atoms with Crippen LogP contribution in [0.25, 0.3) is 0 Å². The predicted molar refractivity (Wildman–Crippen MR) is 112 cm³/mol. The van der Waals surface area contributed by atoms with Crippen molar-refractivity contribution in [2.75, 3.05) is 13.4 Å². The van der Waals surface area contributed by atoms with Crippen molar-refractivity contribution in [3.63, 3.8) is 0 Å². The molecule has 0 aliphatic rings. The van der Waals surface area contributed by atoms with E-state index in [4.69, 9.17) is 9.47 Å². The summed E-state index contributed by atoms with van der Waals surface area (Å²) in [5.41, 5.74) is 5.52. The SMILES string of the molecule is CC(C)=CCC/C(C)=C/CC/C(C)=C/CCOCOCc1ccccc1. The van der Waals surface area contributed by atoms with Gasteiger partial charge in [-0.2, -0.15) is 0 Å². The molecule has 0 unspecified atom stereocenters. The van der Waals surface area contributed by atoms with Gasteiger partial charge in [0.05, 0.1) is 13.2 Å². The van der Waals surface area contributed by atoms with Crippen LogP contribution in [0.4, 0.5) is 0 Å². The Morgan fingerprint density at radius 2 is 1.38 bits per heavy atom. The van der Waals surface area contributed by atoms with E-state index in [9.17, 15) is 0 Å². The van der Waals surface area contributed by atoms with Gasteiger partial charge in [-0.3, -0.25) is 0 Å². The summed E-state index contributed by atoms with van der Waals surface area (Å²) in [6, 6.07) is 10.2. The lowest BCUT2D eigenvalue weighted by Crippen LogP contribution is -2.01. The molecular weight excluding hydrogens is 320 g/mol. The highest BCUT2D eigenvalue weighted by Gasteiger charge is 1.94. The standard InChI is InChI=1S/C24H36O2/c1-21(2)11-8-12-22(3)13-9-14-23(4)15-10-18-25-20-26-19-24-16-6-5-7-17-24/h5-7,11,13,15-17H,8-10,12,14,18-20H2,1-4H3/b22-13+,23-15+. The summed E-state index contributed by atoms with van der Waals surface area (Å²) < 4.78 is 11.0. The fourth-order valence-corrected chi connectivity index (χ4v) is 2.58. The van der Waals surface area contributed by atoms with Crippen LogP contribution in [0.1, 0.15) is 65.4 Å². The molecule has 0 heterocycles. The first-order valence-electron chi connectivity index (χ1n) is 9.72. The topological polar surface area (TPSA) is 18.5 Å². The van der Waals surface area contributed by atoms with Gasteiger partial charge in [0.1, 0.15) is 6.79 Å². The molecule has 1 aromatic rings. The molecule has 0 N–H and O–H groups in total. The molecule has 0 saturated carbocycles. The Bertz CT molecular complexity index is 563. The number of hydrogen-bond acceptors (Lipinski definition) is 2. The zero-order valence-corrected chi connectivity index (χ0v) is 17.1. The average molecular weight is 357 g/mol. The van der Waals surface area contributed by atoms with Gasteiger partial charge in [-0.05, 0) is 65.4 Å². The highest BCUT2D eigenvalue weighted by molar-refractivity contribution is 5.13. The maximum absolute atomic E-state index is 5.53. The normalized spacial score (nSPS) is 12.3. The van der Waals surface area contributed by atoms with Crippen LogP contribution in [0.3, 0.4) is 0 Å². The molecule has 0 bridgehead atoms. The Balaban J connectivity index is 2.04. The average Bonchev–Trinajstić information content (AvgIpc) is 2.61. The largest absolute Gasteiger partial charge is 0.355 e. The van der Waals surface area contributed by atoms with E-state index in [1.54, 1.807) is 0 Å². The van der Waals surface area contributed by atoms with Gasteiger partial charge in [0, 0.05) is 0 Å². The van der Waals surface area contributed by atoms with Crippen LogP contribution < -0.4 is 0 Å². The number of benzene rings is 1. The molecule has 2 nitrogen and oxygen atoms in total. The van der Waals surface area contributed by atoms with Gasteiger partial charge < -0.3 is 9.47 Å². The van der Waals surface area contributed by atoms with Crippen molar-refractivity contribution in [2.24, 2.45) is 0 Å². The van der Waals surface area contributed by atoms with E-state index >= 15 is 0 Å².